The molecule has 0 aliphatic heterocycles. The first kappa shape index (κ1) is 15.6. The molecule has 2 aromatic rings. The Bertz CT molecular complexity index is 671. The number of hydrogen-bond acceptors (Lipinski definition) is 3. The first-order valence-electron chi connectivity index (χ1n) is 8.34. The van der Waals surface area contributed by atoms with Gasteiger partial charge in [0.25, 0.3) is 0 Å². The number of hydrazone groups is 1. The molecule has 2 aromatic carbocycles. The maximum atomic E-state index is 5.97. The first-order valence-corrected chi connectivity index (χ1v) is 8.34. The highest BCUT2D eigenvalue weighted by Crippen LogP contribution is 2.24. The van der Waals surface area contributed by atoms with Gasteiger partial charge in [0.15, 0.2) is 0 Å². The van der Waals surface area contributed by atoms with Crippen LogP contribution in [0.3, 0.4) is 0 Å². The molecule has 0 unspecified atom stereocenters. The van der Waals surface area contributed by atoms with E-state index in [1.54, 1.807) is 0 Å². The van der Waals surface area contributed by atoms with E-state index in [4.69, 9.17) is 4.74 Å². The molecule has 23 heavy (non-hydrogen) atoms. The third-order valence-electron chi connectivity index (χ3n) is 4.40. The highest BCUT2D eigenvalue weighted by atomic mass is 16.5. The molecule has 3 nitrogen and oxygen atoms in total. The number of aryl methyl sites for hydroxylation is 2. The molecule has 0 atom stereocenters. The van der Waals surface area contributed by atoms with Gasteiger partial charge in [-0.2, -0.15) is 5.10 Å². The maximum absolute atomic E-state index is 5.97. The molecule has 0 aromatic heterocycles. The molecule has 0 saturated heterocycles. The Kier molecular flexibility index (Phi) is 4.96. The largest absolute Gasteiger partial charge is 0.490 e. The van der Waals surface area contributed by atoms with Crippen molar-refractivity contribution in [3.05, 3.63) is 59.2 Å². The van der Waals surface area contributed by atoms with Crippen molar-refractivity contribution in [3.8, 4) is 5.75 Å². The van der Waals surface area contributed by atoms with Crippen molar-refractivity contribution in [3.63, 3.8) is 0 Å². The summed E-state index contributed by atoms with van der Waals surface area (Å²) in [6.45, 7) is 4.21. The molecule has 1 aliphatic carbocycles. The summed E-state index contributed by atoms with van der Waals surface area (Å²) in [4.78, 5) is 0. The number of anilines is 1. The van der Waals surface area contributed by atoms with Crippen LogP contribution in [-0.4, -0.2) is 12.3 Å². The fourth-order valence-electron chi connectivity index (χ4n) is 2.82. The number of nitrogens with one attached hydrogen (secondary N) is 1. The van der Waals surface area contributed by atoms with Gasteiger partial charge in [-0.1, -0.05) is 6.07 Å². The summed E-state index contributed by atoms with van der Waals surface area (Å²) in [5, 5.41) is 4.30. The average molecular weight is 308 g/mol. The van der Waals surface area contributed by atoms with Gasteiger partial charge in [-0.05, 0) is 92.6 Å². The second-order valence-electron chi connectivity index (χ2n) is 6.26. The summed E-state index contributed by atoms with van der Waals surface area (Å²) in [7, 11) is 0. The Hall–Kier alpha value is -2.29. The zero-order valence-electron chi connectivity index (χ0n) is 13.9. The molecule has 0 bridgehead atoms. The molecular weight excluding hydrogens is 284 g/mol. The normalized spacial score (nSPS) is 15.2. The van der Waals surface area contributed by atoms with Gasteiger partial charge in [-0.15, -0.1) is 0 Å². The Labute approximate surface area is 138 Å². The molecule has 0 spiro atoms. The zero-order chi connectivity index (χ0) is 16.1. The molecular formula is C20H24N2O. The molecule has 3 heteroatoms. The lowest BCUT2D eigenvalue weighted by Gasteiger charge is -2.12. The lowest BCUT2D eigenvalue weighted by molar-refractivity contribution is 0.210. The summed E-state index contributed by atoms with van der Waals surface area (Å²) in [6.07, 6.45) is 7.18. The lowest BCUT2D eigenvalue weighted by atomic mass is 10.1. The quantitative estimate of drug-likeness (QED) is 0.618. The number of ether oxygens (including phenoxy) is 1. The van der Waals surface area contributed by atoms with Crippen molar-refractivity contribution in [2.75, 3.05) is 5.43 Å². The molecule has 3 rings (SSSR count). The summed E-state index contributed by atoms with van der Waals surface area (Å²) in [5.41, 5.74) is 7.69. The Morgan fingerprint density at radius 3 is 2.43 bits per heavy atom. The van der Waals surface area contributed by atoms with E-state index in [0.717, 1.165) is 17.0 Å². The summed E-state index contributed by atoms with van der Waals surface area (Å²) in [6, 6.07) is 14.4. The van der Waals surface area contributed by atoms with Crippen LogP contribution in [0.5, 0.6) is 5.75 Å². The summed E-state index contributed by atoms with van der Waals surface area (Å²) >= 11 is 0. The smallest absolute Gasteiger partial charge is 0.119 e. The van der Waals surface area contributed by atoms with Crippen LogP contribution in [0.2, 0.25) is 0 Å². The van der Waals surface area contributed by atoms with Crippen LogP contribution < -0.4 is 10.2 Å². The zero-order valence-corrected chi connectivity index (χ0v) is 13.9. The van der Waals surface area contributed by atoms with Crippen LogP contribution in [-0.2, 0) is 0 Å². The molecule has 1 saturated carbocycles. The Balaban J connectivity index is 1.55. The van der Waals surface area contributed by atoms with Crippen molar-refractivity contribution in [2.24, 2.45) is 5.10 Å². The van der Waals surface area contributed by atoms with E-state index >= 15 is 0 Å². The van der Waals surface area contributed by atoms with E-state index in [0.29, 0.717) is 6.10 Å². The van der Waals surface area contributed by atoms with Gasteiger partial charge in [0.1, 0.15) is 5.75 Å². The highest BCUT2D eigenvalue weighted by molar-refractivity contribution is 5.80. The Morgan fingerprint density at radius 1 is 1.00 bits per heavy atom. The summed E-state index contributed by atoms with van der Waals surface area (Å²) in [5.74, 6) is 0.955. The van der Waals surface area contributed by atoms with E-state index in [1.807, 2.05) is 36.5 Å². The van der Waals surface area contributed by atoms with Gasteiger partial charge in [0.05, 0.1) is 18.0 Å². The summed E-state index contributed by atoms with van der Waals surface area (Å²) < 4.78 is 5.97. The van der Waals surface area contributed by atoms with Crippen LogP contribution >= 0.6 is 0 Å². The van der Waals surface area contributed by atoms with Crippen molar-refractivity contribution in [1.29, 1.82) is 0 Å². The Morgan fingerprint density at radius 2 is 1.74 bits per heavy atom. The number of nitrogens with zero attached hydrogens (tertiary/aromatic N) is 1. The van der Waals surface area contributed by atoms with Crippen molar-refractivity contribution in [2.45, 2.75) is 45.6 Å². The second-order valence-corrected chi connectivity index (χ2v) is 6.26. The number of hydrogen-bond donors (Lipinski definition) is 1. The minimum Gasteiger partial charge on any atom is -0.490 e. The van der Waals surface area contributed by atoms with Crippen molar-refractivity contribution >= 4 is 11.9 Å². The van der Waals surface area contributed by atoms with Crippen LogP contribution in [0, 0.1) is 13.8 Å². The second kappa shape index (κ2) is 7.32. The minimum absolute atomic E-state index is 0.404. The van der Waals surface area contributed by atoms with Gasteiger partial charge in [0, 0.05) is 0 Å². The topological polar surface area (TPSA) is 33.6 Å². The van der Waals surface area contributed by atoms with E-state index in [2.05, 4.69) is 36.5 Å². The third-order valence-corrected chi connectivity index (χ3v) is 4.40. The predicted molar refractivity (Wildman–Crippen MR) is 96.5 cm³/mol. The van der Waals surface area contributed by atoms with Gasteiger partial charge >= 0.3 is 0 Å². The maximum Gasteiger partial charge on any atom is 0.119 e. The molecule has 0 heterocycles. The molecule has 1 fully saturated rings. The molecule has 1 aliphatic rings. The van der Waals surface area contributed by atoms with Crippen LogP contribution in [0.15, 0.2) is 47.6 Å². The van der Waals surface area contributed by atoms with E-state index in [-0.39, 0.29) is 0 Å². The third kappa shape index (κ3) is 4.35. The van der Waals surface area contributed by atoms with Gasteiger partial charge in [-0.3, -0.25) is 5.43 Å². The SMILES string of the molecule is Cc1ccc(NN=Cc2ccc(OC3CCCC3)cc2)cc1C. The van der Waals surface area contributed by atoms with Gasteiger partial charge in [0.2, 0.25) is 0 Å². The van der Waals surface area contributed by atoms with Crippen LogP contribution in [0.25, 0.3) is 0 Å². The number of benzene rings is 2. The molecule has 0 radical (unpaired) electrons. The molecule has 120 valence electrons. The van der Waals surface area contributed by atoms with Crippen molar-refractivity contribution < 1.29 is 4.74 Å². The van der Waals surface area contributed by atoms with E-state index in [1.165, 1.54) is 36.8 Å². The van der Waals surface area contributed by atoms with Gasteiger partial charge in [-0.25, -0.2) is 0 Å². The highest BCUT2D eigenvalue weighted by Gasteiger charge is 2.16. The van der Waals surface area contributed by atoms with E-state index < -0.39 is 0 Å². The van der Waals surface area contributed by atoms with Crippen LogP contribution in [0.4, 0.5) is 5.69 Å². The first-order chi connectivity index (χ1) is 11.2. The fraction of sp³-hybridized carbons (Fsp3) is 0.350. The van der Waals surface area contributed by atoms with E-state index in [9.17, 15) is 0 Å². The van der Waals surface area contributed by atoms with Crippen molar-refractivity contribution in [1.82, 2.24) is 0 Å². The number of rotatable bonds is 5. The standard InChI is InChI=1S/C20H24N2O/c1-15-7-10-18(13-16(15)2)22-21-14-17-8-11-20(12-9-17)23-19-5-3-4-6-19/h7-14,19,22H,3-6H2,1-2H3. The predicted octanol–water partition coefficient (Wildman–Crippen LogP) is 5.07. The van der Waals surface area contributed by atoms with Crippen LogP contribution in [0.1, 0.15) is 42.4 Å². The monoisotopic (exact) mass is 308 g/mol. The lowest BCUT2D eigenvalue weighted by Crippen LogP contribution is -2.10. The molecule has 1 N–H and O–H groups in total. The molecule has 0 amide bonds. The average Bonchev–Trinajstić information content (AvgIpc) is 3.05. The minimum atomic E-state index is 0.404. The van der Waals surface area contributed by atoms with Gasteiger partial charge < -0.3 is 4.74 Å². The fourth-order valence-corrected chi connectivity index (χ4v) is 2.82.